The number of hydrogen-bond donors (Lipinski definition) is 1. The quantitative estimate of drug-likeness (QED) is 0.824. The number of alkyl halides is 1. The van der Waals surface area contributed by atoms with Crippen LogP contribution in [0.5, 0.6) is 0 Å². The zero-order valence-corrected chi connectivity index (χ0v) is 9.75. The van der Waals surface area contributed by atoms with Crippen LogP contribution in [-0.2, 0) is 4.79 Å². The van der Waals surface area contributed by atoms with Gasteiger partial charge >= 0.3 is 0 Å². The largest absolute Gasteiger partial charge is 0.349 e. The molecule has 1 rings (SSSR count). The fourth-order valence-electron chi connectivity index (χ4n) is 1.34. The van der Waals surface area contributed by atoms with Gasteiger partial charge in [-0.25, -0.2) is 0 Å². The summed E-state index contributed by atoms with van der Waals surface area (Å²) in [7, 11) is 0. The number of nitrogens with one attached hydrogen (secondary N) is 1. The molecule has 1 aromatic rings. The smallest absolute Gasteiger partial charge is 0.231 e. The van der Waals surface area contributed by atoms with Gasteiger partial charge in [0.15, 0.2) is 0 Å². The van der Waals surface area contributed by atoms with Gasteiger partial charge in [0, 0.05) is 0 Å². The first-order valence-electron chi connectivity index (χ1n) is 4.68. The lowest BCUT2D eigenvalue weighted by Crippen LogP contribution is -2.28. The molecule has 1 atom stereocenters. The number of hydrogen-bond acceptors (Lipinski definition) is 1. The molecule has 1 amide bonds. The van der Waals surface area contributed by atoms with Crippen LogP contribution in [0.25, 0.3) is 0 Å². The molecule has 0 aromatic heterocycles. The summed E-state index contributed by atoms with van der Waals surface area (Å²) in [4.78, 5) is 11.2. The monoisotopic (exact) mass is 255 g/mol. The summed E-state index contributed by atoms with van der Waals surface area (Å²) in [6.45, 7) is 2.06. The van der Waals surface area contributed by atoms with Crippen LogP contribution >= 0.6 is 15.9 Å². The normalized spacial score (nSPS) is 12.1. The van der Waals surface area contributed by atoms with Crippen LogP contribution in [0.4, 0.5) is 0 Å². The Labute approximate surface area is 92.8 Å². The van der Waals surface area contributed by atoms with Gasteiger partial charge in [0.1, 0.15) is 0 Å². The Bertz CT molecular complexity index is 287. The first-order chi connectivity index (χ1) is 6.77. The summed E-state index contributed by atoms with van der Waals surface area (Å²) >= 11 is 3.13. The van der Waals surface area contributed by atoms with Crippen LogP contribution in [0.15, 0.2) is 30.3 Å². The van der Waals surface area contributed by atoms with Gasteiger partial charge in [-0.3, -0.25) is 4.79 Å². The van der Waals surface area contributed by atoms with Gasteiger partial charge in [-0.05, 0) is 12.0 Å². The maximum Gasteiger partial charge on any atom is 0.231 e. The highest BCUT2D eigenvalue weighted by Gasteiger charge is 2.10. The van der Waals surface area contributed by atoms with Gasteiger partial charge in [0.05, 0.1) is 11.4 Å². The van der Waals surface area contributed by atoms with Gasteiger partial charge in [0.2, 0.25) is 5.91 Å². The van der Waals surface area contributed by atoms with Crippen molar-refractivity contribution in [3.63, 3.8) is 0 Å². The van der Waals surface area contributed by atoms with Crippen molar-refractivity contribution in [2.24, 2.45) is 0 Å². The summed E-state index contributed by atoms with van der Waals surface area (Å²) in [5.74, 6) is 0.0284. The lowest BCUT2D eigenvalue weighted by Gasteiger charge is -2.16. The molecule has 0 aliphatic rings. The molecular formula is C11H14BrNO. The van der Waals surface area contributed by atoms with Crippen LogP contribution in [0.2, 0.25) is 0 Å². The molecule has 0 fully saturated rings. The number of carbonyl (C=O) groups excluding carboxylic acids is 1. The van der Waals surface area contributed by atoms with E-state index < -0.39 is 0 Å². The number of benzene rings is 1. The van der Waals surface area contributed by atoms with Crippen molar-refractivity contribution in [1.29, 1.82) is 0 Å². The molecule has 14 heavy (non-hydrogen) atoms. The summed E-state index contributed by atoms with van der Waals surface area (Å²) in [5, 5.41) is 3.30. The molecular weight excluding hydrogens is 242 g/mol. The van der Waals surface area contributed by atoms with Gasteiger partial charge in [-0.2, -0.15) is 0 Å². The second-order valence-electron chi connectivity index (χ2n) is 3.07. The van der Waals surface area contributed by atoms with E-state index in [9.17, 15) is 4.79 Å². The highest BCUT2D eigenvalue weighted by atomic mass is 79.9. The summed E-state index contributed by atoms with van der Waals surface area (Å²) < 4.78 is 0. The molecule has 0 saturated heterocycles. The van der Waals surface area contributed by atoms with Crippen LogP contribution in [0, 0.1) is 0 Å². The van der Waals surface area contributed by atoms with Crippen molar-refractivity contribution in [1.82, 2.24) is 5.32 Å². The molecule has 3 heteroatoms. The minimum absolute atomic E-state index is 0.0284. The van der Waals surface area contributed by atoms with Crippen LogP contribution in [-0.4, -0.2) is 11.2 Å². The molecule has 0 aliphatic heterocycles. The van der Waals surface area contributed by atoms with Crippen molar-refractivity contribution in [3.05, 3.63) is 35.9 Å². The highest BCUT2D eigenvalue weighted by Crippen LogP contribution is 2.15. The van der Waals surface area contributed by atoms with E-state index in [1.807, 2.05) is 30.3 Å². The molecule has 0 bridgehead atoms. The number of carbonyl (C=O) groups is 1. The number of rotatable bonds is 4. The van der Waals surface area contributed by atoms with Gasteiger partial charge < -0.3 is 5.32 Å². The van der Waals surface area contributed by atoms with E-state index in [1.165, 1.54) is 0 Å². The predicted octanol–water partition coefficient (Wildman–Crippen LogP) is 2.65. The lowest BCUT2D eigenvalue weighted by atomic mass is 10.1. The molecule has 1 N–H and O–H groups in total. The molecule has 0 spiro atoms. The second kappa shape index (κ2) is 5.81. The minimum atomic E-state index is 0.0284. The van der Waals surface area contributed by atoms with Crippen molar-refractivity contribution < 1.29 is 4.79 Å². The Morgan fingerprint density at radius 3 is 2.57 bits per heavy atom. The molecule has 0 saturated carbocycles. The Morgan fingerprint density at radius 2 is 2.07 bits per heavy atom. The maximum absolute atomic E-state index is 11.2. The van der Waals surface area contributed by atoms with E-state index in [4.69, 9.17) is 0 Å². The zero-order chi connectivity index (χ0) is 10.4. The first kappa shape index (κ1) is 11.2. The van der Waals surface area contributed by atoms with Crippen LogP contribution in [0.3, 0.4) is 0 Å². The molecule has 76 valence electrons. The average molecular weight is 256 g/mol. The summed E-state index contributed by atoms with van der Waals surface area (Å²) in [6.07, 6.45) is 0.906. The maximum atomic E-state index is 11.2. The van der Waals surface area contributed by atoms with Crippen molar-refractivity contribution in [2.45, 2.75) is 19.4 Å². The number of amides is 1. The van der Waals surface area contributed by atoms with E-state index >= 15 is 0 Å². The summed E-state index contributed by atoms with van der Waals surface area (Å²) in [6, 6.07) is 10.1. The number of halogens is 1. The van der Waals surface area contributed by atoms with Crippen molar-refractivity contribution in [2.75, 3.05) is 5.33 Å². The Kier molecular flexibility index (Phi) is 4.66. The van der Waals surface area contributed by atoms with E-state index in [-0.39, 0.29) is 11.9 Å². The zero-order valence-electron chi connectivity index (χ0n) is 8.16. The molecule has 0 unspecified atom stereocenters. The second-order valence-corrected chi connectivity index (χ2v) is 3.63. The Balaban J connectivity index is 2.68. The van der Waals surface area contributed by atoms with Crippen molar-refractivity contribution in [3.8, 4) is 0 Å². The highest BCUT2D eigenvalue weighted by molar-refractivity contribution is 9.09. The van der Waals surface area contributed by atoms with E-state index in [0.717, 1.165) is 12.0 Å². The third kappa shape index (κ3) is 3.14. The summed E-state index contributed by atoms with van der Waals surface area (Å²) in [5.41, 5.74) is 1.16. The van der Waals surface area contributed by atoms with Crippen LogP contribution < -0.4 is 5.32 Å². The molecule has 2 nitrogen and oxygen atoms in total. The third-order valence-electron chi connectivity index (χ3n) is 2.07. The molecule has 1 aromatic carbocycles. The van der Waals surface area contributed by atoms with E-state index in [1.54, 1.807) is 0 Å². The predicted molar refractivity (Wildman–Crippen MR) is 61.4 cm³/mol. The SMILES string of the molecule is CC[C@H](NC(=O)CBr)c1ccccc1. The fourth-order valence-corrected chi connectivity index (χ4v) is 1.50. The van der Waals surface area contributed by atoms with Gasteiger partial charge in [-0.15, -0.1) is 0 Å². The van der Waals surface area contributed by atoms with Crippen LogP contribution in [0.1, 0.15) is 24.9 Å². The topological polar surface area (TPSA) is 29.1 Å². The molecule has 0 radical (unpaired) electrons. The Morgan fingerprint density at radius 1 is 1.43 bits per heavy atom. The van der Waals surface area contributed by atoms with Gasteiger partial charge in [0.25, 0.3) is 0 Å². The standard InChI is InChI=1S/C11H14BrNO/c1-2-10(13-11(14)8-12)9-6-4-3-5-7-9/h3-7,10H,2,8H2,1H3,(H,13,14)/t10-/m0/s1. The Hall–Kier alpha value is -0.830. The molecule has 0 heterocycles. The lowest BCUT2D eigenvalue weighted by molar-refractivity contribution is -0.119. The third-order valence-corrected chi connectivity index (χ3v) is 2.58. The fraction of sp³-hybridized carbons (Fsp3) is 0.364. The van der Waals surface area contributed by atoms with Crippen molar-refractivity contribution >= 4 is 21.8 Å². The minimum Gasteiger partial charge on any atom is -0.349 e. The first-order valence-corrected chi connectivity index (χ1v) is 5.80. The van der Waals surface area contributed by atoms with E-state index in [2.05, 4.69) is 28.2 Å². The van der Waals surface area contributed by atoms with E-state index in [0.29, 0.717) is 5.33 Å². The average Bonchev–Trinajstić information content (AvgIpc) is 2.26. The molecule has 0 aliphatic carbocycles. The van der Waals surface area contributed by atoms with Gasteiger partial charge in [-0.1, -0.05) is 53.2 Å².